The Balaban J connectivity index is 2.26. The normalized spacial score (nSPS) is 29.0. The first kappa shape index (κ1) is 11.1. The van der Waals surface area contributed by atoms with Crippen molar-refractivity contribution < 1.29 is 9.53 Å². The zero-order chi connectivity index (χ0) is 11.5. The van der Waals surface area contributed by atoms with Crippen LogP contribution >= 0.6 is 0 Å². The lowest BCUT2D eigenvalue weighted by Crippen LogP contribution is -2.29. The third-order valence-corrected chi connectivity index (χ3v) is 3.39. The second-order valence-electron chi connectivity index (χ2n) is 4.31. The molecule has 0 saturated heterocycles. The second kappa shape index (κ2) is 4.66. The topological polar surface area (TPSA) is 52.3 Å². The van der Waals surface area contributed by atoms with Gasteiger partial charge in [0.2, 0.25) is 0 Å². The maximum atomic E-state index is 11.7. The van der Waals surface area contributed by atoms with Crippen molar-refractivity contribution in [3.63, 3.8) is 0 Å². The van der Waals surface area contributed by atoms with Gasteiger partial charge in [-0.1, -0.05) is 30.3 Å². The minimum Gasteiger partial charge on any atom is -0.469 e. The molecule has 86 valence electrons. The largest absolute Gasteiger partial charge is 0.469 e. The van der Waals surface area contributed by atoms with Crippen LogP contribution in [0.3, 0.4) is 0 Å². The van der Waals surface area contributed by atoms with Crippen molar-refractivity contribution in [3.05, 3.63) is 35.9 Å². The molecule has 0 aromatic heterocycles. The van der Waals surface area contributed by atoms with Crippen LogP contribution in [0, 0.1) is 5.92 Å². The number of carbonyl (C=O) groups excluding carboxylic acids is 1. The zero-order valence-corrected chi connectivity index (χ0v) is 9.43. The Kier molecular flexibility index (Phi) is 3.25. The molecule has 0 heterocycles. The molecule has 0 unspecified atom stereocenters. The van der Waals surface area contributed by atoms with E-state index in [0.717, 1.165) is 18.4 Å². The molecule has 1 saturated carbocycles. The lowest BCUT2D eigenvalue weighted by atomic mass is 9.87. The number of benzene rings is 1. The average Bonchev–Trinajstić information content (AvgIpc) is 2.71. The van der Waals surface area contributed by atoms with Crippen molar-refractivity contribution in [1.29, 1.82) is 0 Å². The van der Waals surface area contributed by atoms with Gasteiger partial charge in [-0.05, 0) is 18.4 Å². The molecule has 1 aromatic carbocycles. The number of rotatable bonds is 2. The molecule has 0 spiro atoms. The molecule has 0 bridgehead atoms. The molecule has 1 fully saturated rings. The van der Waals surface area contributed by atoms with Gasteiger partial charge in [0.1, 0.15) is 0 Å². The summed E-state index contributed by atoms with van der Waals surface area (Å²) in [5.41, 5.74) is 7.23. The smallest absolute Gasteiger partial charge is 0.309 e. The van der Waals surface area contributed by atoms with Gasteiger partial charge in [-0.15, -0.1) is 0 Å². The van der Waals surface area contributed by atoms with Gasteiger partial charge in [0.05, 0.1) is 13.0 Å². The van der Waals surface area contributed by atoms with Crippen LogP contribution in [-0.2, 0) is 9.53 Å². The first-order valence-electron chi connectivity index (χ1n) is 5.62. The molecule has 3 nitrogen and oxygen atoms in total. The van der Waals surface area contributed by atoms with E-state index in [1.807, 2.05) is 30.3 Å². The van der Waals surface area contributed by atoms with Crippen molar-refractivity contribution in [2.24, 2.45) is 11.7 Å². The summed E-state index contributed by atoms with van der Waals surface area (Å²) in [4.78, 5) is 11.7. The van der Waals surface area contributed by atoms with E-state index in [2.05, 4.69) is 0 Å². The van der Waals surface area contributed by atoms with E-state index >= 15 is 0 Å². The van der Waals surface area contributed by atoms with E-state index in [1.165, 1.54) is 7.11 Å². The Labute approximate surface area is 95.6 Å². The molecule has 3 heteroatoms. The number of hydrogen-bond donors (Lipinski definition) is 1. The summed E-state index contributed by atoms with van der Waals surface area (Å²) in [5.74, 6) is -0.113. The maximum Gasteiger partial charge on any atom is 0.309 e. The summed E-state index contributed by atoms with van der Waals surface area (Å²) in [5, 5.41) is 0. The number of carbonyl (C=O) groups is 1. The monoisotopic (exact) mass is 219 g/mol. The van der Waals surface area contributed by atoms with Crippen molar-refractivity contribution in [3.8, 4) is 0 Å². The Bertz CT molecular complexity index is 363. The van der Waals surface area contributed by atoms with Crippen LogP contribution in [0.25, 0.3) is 0 Å². The van der Waals surface area contributed by atoms with Crippen molar-refractivity contribution in [2.45, 2.75) is 24.8 Å². The molecular weight excluding hydrogens is 202 g/mol. The highest BCUT2D eigenvalue weighted by Crippen LogP contribution is 2.39. The molecule has 2 N–H and O–H groups in total. The summed E-state index contributed by atoms with van der Waals surface area (Å²) >= 11 is 0. The van der Waals surface area contributed by atoms with Crippen LogP contribution < -0.4 is 5.73 Å². The van der Waals surface area contributed by atoms with Crippen LogP contribution in [-0.4, -0.2) is 19.1 Å². The fourth-order valence-corrected chi connectivity index (χ4v) is 2.60. The Morgan fingerprint density at radius 2 is 2.00 bits per heavy atom. The van der Waals surface area contributed by atoms with Gasteiger partial charge >= 0.3 is 5.97 Å². The van der Waals surface area contributed by atoms with Crippen molar-refractivity contribution in [2.75, 3.05) is 7.11 Å². The molecular formula is C13H17NO2. The van der Waals surface area contributed by atoms with E-state index in [0.29, 0.717) is 0 Å². The fourth-order valence-electron chi connectivity index (χ4n) is 2.60. The minimum atomic E-state index is -0.137. The highest BCUT2D eigenvalue weighted by Gasteiger charge is 2.39. The predicted molar refractivity (Wildman–Crippen MR) is 61.9 cm³/mol. The summed E-state index contributed by atoms with van der Waals surface area (Å²) < 4.78 is 4.84. The summed E-state index contributed by atoms with van der Waals surface area (Å²) in [6.07, 6.45) is 1.72. The molecule has 0 amide bonds. The average molecular weight is 219 g/mol. The van der Waals surface area contributed by atoms with E-state index in [4.69, 9.17) is 10.5 Å². The standard InChI is InChI=1S/C13H17NO2/c1-16-13(15)10-7-8-11(14)12(10)9-5-3-2-4-6-9/h2-6,10-12H,7-8,14H2,1H3/t10-,11+,12+/m0/s1. The predicted octanol–water partition coefficient (Wildman–Crippen LogP) is 1.68. The number of esters is 1. The SMILES string of the molecule is COC(=O)[C@H]1CC[C@@H](N)[C@@H]1c1ccccc1. The van der Waals surface area contributed by atoms with Gasteiger partial charge in [-0.2, -0.15) is 0 Å². The Hall–Kier alpha value is -1.35. The summed E-state index contributed by atoms with van der Waals surface area (Å²) in [6.45, 7) is 0. The quantitative estimate of drug-likeness (QED) is 0.770. The lowest BCUT2D eigenvalue weighted by molar-refractivity contribution is -0.145. The van der Waals surface area contributed by atoms with Gasteiger partial charge in [0, 0.05) is 12.0 Å². The van der Waals surface area contributed by atoms with Crippen LogP contribution in [0.2, 0.25) is 0 Å². The van der Waals surface area contributed by atoms with Gasteiger partial charge in [0.15, 0.2) is 0 Å². The highest BCUT2D eigenvalue weighted by atomic mass is 16.5. The van der Waals surface area contributed by atoms with Gasteiger partial charge < -0.3 is 10.5 Å². The Morgan fingerprint density at radius 3 is 2.62 bits per heavy atom. The summed E-state index contributed by atoms with van der Waals surface area (Å²) in [7, 11) is 1.44. The maximum absolute atomic E-state index is 11.7. The van der Waals surface area contributed by atoms with Crippen LogP contribution in [0.15, 0.2) is 30.3 Å². The van der Waals surface area contributed by atoms with Crippen LogP contribution in [0.4, 0.5) is 0 Å². The highest BCUT2D eigenvalue weighted by molar-refractivity contribution is 5.74. The van der Waals surface area contributed by atoms with E-state index < -0.39 is 0 Å². The lowest BCUT2D eigenvalue weighted by Gasteiger charge is -2.21. The summed E-state index contributed by atoms with van der Waals surface area (Å²) in [6, 6.07) is 10.1. The van der Waals surface area contributed by atoms with E-state index in [9.17, 15) is 4.79 Å². The van der Waals surface area contributed by atoms with Crippen molar-refractivity contribution >= 4 is 5.97 Å². The molecule has 3 atom stereocenters. The van der Waals surface area contributed by atoms with E-state index in [1.54, 1.807) is 0 Å². The molecule has 1 aliphatic rings. The molecule has 2 rings (SSSR count). The third kappa shape index (κ3) is 1.95. The van der Waals surface area contributed by atoms with Crippen LogP contribution in [0.5, 0.6) is 0 Å². The first-order chi connectivity index (χ1) is 7.74. The number of ether oxygens (including phenoxy) is 1. The number of methoxy groups -OCH3 is 1. The molecule has 1 aliphatic carbocycles. The third-order valence-electron chi connectivity index (χ3n) is 3.39. The molecule has 16 heavy (non-hydrogen) atoms. The first-order valence-corrected chi connectivity index (χ1v) is 5.62. The van der Waals surface area contributed by atoms with Gasteiger partial charge in [0.25, 0.3) is 0 Å². The second-order valence-corrected chi connectivity index (χ2v) is 4.31. The number of hydrogen-bond acceptors (Lipinski definition) is 3. The molecule has 1 aromatic rings. The van der Waals surface area contributed by atoms with E-state index in [-0.39, 0.29) is 23.8 Å². The molecule has 0 aliphatic heterocycles. The van der Waals surface area contributed by atoms with Gasteiger partial charge in [-0.25, -0.2) is 0 Å². The zero-order valence-electron chi connectivity index (χ0n) is 9.43. The van der Waals surface area contributed by atoms with Gasteiger partial charge in [-0.3, -0.25) is 4.79 Å². The van der Waals surface area contributed by atoms with Crippen LogP contribution in [0.1, 0.15) is 24.3 Å². The molecule has 0 radical (unpaired) electrons. The van der Waals surface area contributed by atoms with Crippen molar-refractivity contribution in [1.82, 2.24) is 0 Å². The number of nitrogens with two attached hydrogens (primary N) is 1. The Morgan fingerprint density at radius 1 is 1.31 bits per heavy atom. The fraction of sp³-hybridized carbons (Fsp3) is 0.462. The minimum absolute atomic E-state index is 0.0616.